The second kappa shape index (κ2) is 6.48. The highest BCUT2D eigenvalue weighted by atomic mass is 19.1. The maximum absolute atomic E-state index is 12.8. The van der Waals surface area contributed by atoms with Crippen LogP contribution in [0.5, 0.6) is 5.75 Å². The van der Waals surface area contributed by atoms with Gasteiger partial charge >= 0.3 is 5.97 Å². The van der Waals surface area contributed by atoms with Gasteiger partial charge in [-0.2, -0.15) is 0 Å². The molecule has 3 rings (SSSR count). The van der Waals surface area contributed by atoms with Crippen LogP contribution in [0.4, 0.5) is 4.39 Å². The van der Waals surface area contributed by atoms with Crippen molar-refractivity contribution in [2.45, 2.75) is 32.1 Å². The van der Waals surface area contributed by atoms with Gasteiger partial charge in [-0.3, -0.25) is 19.3 Å². The van der Waals surface area contributed by atoms with Gasteiger partial charge in [-0.1, -0.05) is 12.8 Å². The molecular formula is C17H18FNO4. The summed E-state index contributed by atoms with van der Waals surface area (Å²) in [4.78, 5) is 37.6. The van der Waals surface area contributed by atoms with Crippen molar-refractivity contribution in [2.75, 3.05) is 6.54 Å². The second-order valence-electron chi connectivity index (χ2n) is 6.00. The monoisotopic (exact) mass is 319 g/mol. The fraction of sp³-hybridized carbons (Fsp3) is 0.471. The van der Waals surface area contributed by atoms with E-state index in [9.17, 15) is 18.8 Å². The van der Waals surface area contributed by atoms with E-state index >= 15 is 0 Å². The summed E-state index contributed by atoms with van der Waals surface area (Å²) in [6, 6.07) is 5.10. The van der Waals surface area contributed by atoms with E-state index in [1.165, 1.54) is 29.2 Å². The Bertz CT molecular complexity index is 604. The molecule has 0 spiro atoms. The molecule has 1 aliphatic heterocycles. The molecule has 5 nitrogen and oxygen atoms in total. The Hall–Kier alpha value is -2.24. The zero-order valence-corrected chi connectivity index (χ0v) is 12.7. The van der Waals surface area contributed by atoms with E-state index in [2.05, 4.69) is 0 Å². The standard InChI is InChI=1S/C17H18FNO4/c18-11-5-7-12(8-6-11)23-15(20)9-10-19-16(21)13-3-1-2-4-14(13)17(19)22/h5-8,13-14H,1-4,9-10H2/t13-,14-/m1/s1. The highest BCUT2D eigenvalue weighted by Gasteiger charge is 2.47. The number of rotatable bonds is 4. The van der Waals surface area contributed by atoms with Gasteiger partial charge in [0.2, 0.25) is 11.8 Å². The lowest BCUT2D eigenvalue weighted by Crippen LogP contribution is -2.33. The van der Waals surface area contributed by atoms with E-state index in [4.69, 9.17) is 4.74 Å². The minimum Gasteiger partial charge on any atom is -0.426 e. The Morgan fingerprint density at radius 3 is 2.22 bits per heavy atom. The molecule has 6 heteroatoms. The van der Waals surface area contributed by atoms with Crippen LogP contribution in [0, 0.1) is 17.7 Å². The molecule has 0 N–H and O–H groups in total. The van der Waals surface area contributed by atoms with Crippen LogP contribution in [-0.4, -0.2) is 29.2 Å². The van der Waals surface area contributed by atoms with Crippen molar-refractivity contribution in [1.82, 2.24) is 4.90 Å². The Morgan fingerprint density at radius 2 is 1.65 bits per heavy atom. The van der Waals surface area contributed by atoms with Crippen LogP contribution in [0.2, 0.25) is 0 Å². The summed E-state index contributed by atoms with van der Waals surface area (Å²) >= 11 is 0. The topological polar surface area (TPSA) is 63.7 Å². The first-order valence-corrected chi connectivity index (χ1v) is 7.88. The van der Waals surface area contributed by atoms with E-state index in [-0.39, 0.29) is 42.4 Å². The first-order valence-electron chi connectivity index (χ1n) is 7.88. The van der Waals surface area contributed by atoms with Gasteiger partial charge in [0.1, 0.15) is 11.6 Å². The number of nitrogens with zero attached hydrogens (tertiary/aromatic N) is 1. The van der Waals surface area contributed by atoms with Crippen molar-refractivity contribution in [3.63, 3.8) is 0 Å². The molecule has 0 radical (unpaired) electrons. The van der Waals surface area contributed by atoms with Crippen molar-refractivity contribution in [1.29, 1.82) is 0 Å². The number of benzene rings is 1. The van der Waals surface area contributed by atoms with Gasteiger partial charge in [0.15, 0.2) is 0 Å². The average molecular weight is 319 g/mol. The maximum Gasteiger partial charge on any atom is 0.312 e. The summed E-state index contributed by atoms with van der Waals surface area (Å²) in [5.74, 6) is -1.45. The zero-order valence-electron chi connectivity index (χ0n) is 12.7. The number of ether oxygens (including phenoxy) is 1. The molecule has 1 aromatic carbocycles. The molecule has 0 aromatic heterocycles. The van der Waals surface area contributed by atoms with Crippen LogP contribution in [0.15, 0.2) is 24.3 Å². The van der Waals surface area contributed by atoms with Crippen LogP contribution in [0.3, 0.4) is 0 Å². The van der Waals surface area contributed by atoms with Crippen molar-refractivity contribution < 1.29 is 23.5 Å². The molecule has 1 heterocycles. The summed E-state index contributed by atoms with van der Waals surface area (Å²) in [6.07, 6.45) is 3.40. The minimum atomic E-state index is -0.549. The predicted molar refractivity (Wildman–Crippen MR) is 78.8 cm³/mol. The number of likely N-dealkylation sites (tertiary alicyclic amines) is 1. The summed E-state index contributed by atoms with van der Waals surface area (Å²) in [5, 5.41) is 0. The number of amides is 2. The molecule has 1 saturated carbocycles. The van der Waals surface area contributed by atoms with Crippen molar-refractivity contribution in [3.05, 3.63) is 30.1 Å². The fourth-order valence-electron chi connectivity index (χ4n) is 3.34. The van der Waals surface area contributed by atoms with Gasteiger partial charge in [0.05, 0.1) is 18.3 Å². The molecule has 2 atom stereocenters. The molecule has 23 heavy (non-hydrogen) atoms. The normalized spacial score (nSPS) is 23.8. The van der Waals surface area contributed by atoms with Gasteiger partial charge in [0, 0.05) is 6.54 Å². The third kappa shape index (κ3) is 3.25. The third-order valence-corrected chi connectivity index (χ3v) is 4.52. The molecule has 122 valence electrons. The van der Waals surface area contributed by atoms with E-state index in [0.717, 1.165) is 25.7 Å². The SMILES string of the molecule is O=C(CCN1C(=O)[C@@H]2CCCC[C@H]2C1=O)Oc1ccc(F)cc1. The summed E-state index contributed by atoms with van der Waals surface area (Å²) in [5.41, 5.74) is 0. The Balaban J connectivity index is 1.55. The quantitative estimate of drug-likeness (QED) is 0.485. The van der Waals surface area contributed by atoms with Crippen LogP contribution in [0.25, 0.3) is 0 Å². The Morgan fingerprint density at radius 1 is 1.09 bits per heavy atom. The van der Waals surface area contributed by atoms with Crippen LogP contribution in [0.1, 0.15) is 32.1 Å². The van der Waals surface area contributed by atoms with Gasteiger partial charge in [-0.25, -0.2) is 4.39 Å². The summed E-state index contributed by atoms with van der Waals surface area (Å²) < 4.78 is 17.8. The van der Waals surface area contributed by atoms with Gasteiger partial charge in [-0.15, -0.1) is 0 Å². The highest BCUT2D eigenvalue weighted by Crippen LogP contribution is 2.37. The lowest BCUT2D eigenvalue weighted by Gasteiger charge is -2.19. The second-order valence-corrected chi connectivity index (χ2v) is 6.00. The fourth-order valence-corrected chi connectivity index (χ4v) is 3.34. The first-order chi connectivity index (χ1) is 11.1. The number of imide groups is 1. The predicted octanol–water partition coefficient (Wildman–Crippen LogP) is 2.30. The number of hydrogen-bond donors (Lipinski definition) is 0. The van der Waals surface area contributed by atoms with Gasteiger partial charge in [-0.05, 0) is 37.1 Å². The Labute approximate surface area is 133 Å². The number of fused-ring (bicyclic) bond motifs is 1. The third-order valence-electron chi connectivity index (χ3n) is 4.52. The lowest BCUT2D eigenvalue weighted by atomic mass is 9.81. The number of carbonyl (C=O) groups excluding carboxylic acids is 3. The van der Waals surface area contributed by atoms with Gasteiger partial charge < -0.3 is 4.74 Å². The Kier molecular flexibility index (Phi) is 4.41. The van der Waals surface area contributed by atoms with Crippen molar-refractivity contribution in [2.24, 2.45) is 11.8 Å². The van der Waals surface area contributed by atoms with Crippen LogP contribution >= 0.6 is 0 Å². The van der Waals surface area contributed by atoms with Crippen LogP contribution < -0.4 is 4.74 Å². The molecule has 1 saturated heterocycles. The average Bonchev–Trinajstić information content (AvgIpc) is 2.80. The molecule has 2 amide bonds. The molecule has 0 bridgehead atoms. The summed E-state index contributed by atoms with van der Waals surface area (Å²) in [6.45, 7) is 0.0463. The highest BCUT2D eigenvalue weighted by molar-refractivity contribution is 6.05. The molecular weight excluding hydrogens is 301 g/mol. The molecule has 1 aliphatic carbocycles. The lowest BCUT2D eigenvalue weighted by molar-refractivity contribution is -0.141. The number of carbonyl (C=O) groups is 3. The smallest absolute Gasteiger partial charge is 0.312 e. The van der Waals surface area contributed by atoms with E-state index in [1.807, 2.05) is 0 Å². The van der Waals surface area contributed by atoms with Crippen molar-refractivity contribution in [3.8, 4) is 5.75 Å². The summed E-state index contributed by atoms with van der Waals surface area (Å²) in [7, 11) is 0. The molecule has 2 fully saturated rings. The van der Waals surface area contributed by atoms with Crippen molar-refractivity contribution >= 4 is 17.8 Å². The number of halogens is 1. The van der Waals surface area contributed by atoms with E-state index in [1.54, 1.807) is 0 Å². The molecule has 2 aliphatic rings. The first kappa shape index (κ1) is 15.6. The minimum absolute atomic E-state index is 0.0463. The molecule has 1 aromatic rings. The molecule has 0 unspecified atom stereocenters. The van der Waals surface area contributed by atoms with Crippen LogP contribution in [-0.2, 0) is 14.4 Å². The maximum atomic E-state index is 12.8. The number of esters is 1. The van der Waals surface area contributed by atoms with Gasteiger partial charge in [0.25, 0.3) is 0 Å². The zero-order chi connectivity index (χ0) is 16.4. The van der Waals surface area contributed by atoms with E-state index in [0.29, 0.717) is 0 Å². The number of hydrogen-bond acceptors (Lipinski definition) is 4. The largest absolute Gasteiger partial charge is 0.426 e. The van der Waals surface area contributed by atoms with E-state index < -0.39 is 11.8 Å².